The van der Waals surface area contributed by atoms with Gasteiger partial charge in [0.1, 0.15) is 11.3 Å². The Morgan fingerprint density at radius 2 is 1.96 bits per heavy atom. The van der Waals surface area contributed by atoms with Crippen molar-refractivity contribution in [1.29, 1.82) is 0 Å². The third kappa shape index (κ3) is 3.63. The minimum Gasteiger partial charge on any atom is -0.507 e. The summed E-state index contributed by atoms with van der Waals surface area (Å²) in [5.74, 6) is 0.385. The lowest BCUT2D eigenvalue weighted by atomic mass is 9.98. The highest BCUT2D eigenvalue weighted by Gasteiger charge is 2.10. The molecule has 0 amide bonds. The second-order valence-corrected chi connectivity index (χ2v) is 6.32. The average Bonchev–Trinajstić information content (AvgIpc) is 2.61. The van der Waals surface area contributed by atoms with Gasteiger partial charge in [0.2, 0.25) is 0 Å². The van der Waals surface area contributed by atoms with E-state index < -0.39 is 5.63 Å². The summed E-state index contributed by atoms with van der Waals surface area (Å²) in [5, 5.41) is 10.3. The zero-order valence-corrected chi connectivity index (χ0v) is 14.6. The number of aromatic nitrogens is 1. The van der Waals surface area contributed by atoms with Crippen LogP contribution in [0.15, 0.2) is 51.7 Å². The molecule has 0 fully saturated rings. The van der Waals surface area contributed by atoms with Crippen LogP contribution in [0.2, 0.25) is 0 Å². The summed E-state index contributed by atoms with van der Waals surface area (Å²) in [6.45, 7) is 6.24. The molecule has 3 rings (SSSR count). The summed E-state index contributed by atoms with van der Waals surface area (Å²) in [7, 11) is 0. The van der Waals surface area contributed by atoms with Gasteiger partial charge >= 0.3 is 5.63 Å². The smallest absolute Gasteiger partial charge is 0.362 e. The molecule has 1 atom stereocenters. The molecule has 1 heterocycles. The van der Waals surface area contributed by atoms with Crippen molar-refractivity contribution in [3.05, 3.63) is 75.3 Å². The quantitative estimate of drug-likeness (QED) is 0.676. The Bertz CT molecular complexity index is 984. The molecule has 0 aliphatic carbocycles. The number of rotatable bonds is 4. The van der Waals surface area contributed by atoms with Crippen molar-refractivity contribution < 1.29 is 9.52 Å². The third-order valence-electron chi connectivity index (χ3n) is 4.44. The fourth-order valence-electron chi connectivity index (χ4n) is 2.61. The molecule has 0 saturated heterocycles. The fourth-order valence-corrected chi connectivity index (χ4v) is 2.61. The molecule has 128 valence electrons. The molecule has 0 radical (unpaired) electrons. The van der Waals surface area contributed by atoms with E-state index in [1.807, 2.05) is 31.2 Å². The SMILES string of the molecule is CCC(C)c1ccc2oc(=O)c(/C=C(\O)c3ccc(C)cc3)nc2c1. The molecule has 2 aromatic carbocycles. The summed E-state index contributed by atoms with van der Waals surface area (Å²) < 4.78 is 5.34. The Labute approximate surface area is 146 Å². The molecule has 0 saturated carbocycles. The van der Waals surface area contributed by atoms with Crippen molar-refractivity contribution in [3.8, 4) is 0 Å². The first-order chi connectivity index (χ1) is 12.0. The largest absolute Gasteiger partial charge is 0.507 e. The maximum atomic E-state index is 12.1. The summed E-state index contributed by atoms with van der Waals surface area (Å²) in [6.07, 6.45) is 2.37. The highest BCUT2D eigenvalue weighted by molar-refractivity contribution is 5.78. The molecule has 1 N–H and O–H groups in total. The van der Waals surface area contributed by atoms with E-state index in [4.69, 9.17) is 4.42 Å². The average molecular weight is 335 g/mol. The van der Waals surface area contributed by atoms with Gasteiger partial charge in [-0.3, -0.25) is 0 Å². The van der Waals surface area contributed by atoms with E-state index in [0.29, 0.717) is 22.6 Å². The summed E-state index contributed by atoms with van der Waals surface area (Å²) in [6, 6.07) is 13.1. The molecular weight excluding hydrogens is 314 g/mol. The minimum atomic E-state index is -0.567. The highest BCUT2D eigenvalue weighted by Crippen LogP contribution is 2.23. The lowest BCUT2D eigenvalue weighted by molar-refractivity contribution is 0.514. The van der Waals surface area contributed by atoms with Crippen molar-refractivity contribution in [2.75, 3.05) is 0 Å². The van der Waals surface area contributed by atoms with Gasteiger partial charge in [-0.25, -0.2) is 9.78 Å². The first-order valence-electron chi connectivity index (χ1n) is 8.40. The van der Waals surface area contributed by atoms with Crippen LogP contribution < -0.4 is 5.63 Å². The molecule has 0 bridgehead atoms. The van der Waals surface area contributed by atoms with Crippen LogP contribution in [0.25, 0.3) is 22.9 Å². The van der Waals surface area contributed by atoms with Crippen molar-refractivity contribution in [1.82, 2.24) is 4.98 Å². The summed E-state index contributed by atoms with van der Waals surface area (Å²) in [4.78, 5) is 16.5. The van der Waals surface area contributed by atoms with Gasteiger partial charge in [-0.1, -0.05) is 49.7 Å². The number of aliphatic hydroxyl groups is 1. The topological polar surface area (TPSA) is 63.3 Å². The molecule has 3 aromatic rings. The van der Waals surface area contributed by atoms with Crippen LogP contribution in [-0.4, -0.2) is 10.1 Å². The van der Waals surface area contributed by atoms with Gasteiger partial charge < -0.3 is 9.52 Å². The minimum absolute atomic E-state index is 0.0165. The molecule has 0 spiro atoms. The van der Waals surface area contributed by atoms with Crippen LogP contribution >= 0.6 is 0 Å². The molecule has 0 aliphatic heterocycles. The van der Waals surface area contributed by atoms with Crippen LogP contribution in [0, 0.1) is 6.92 Å². The van der Waals surface area contributed by atoms with Gasteiger partial charge in [-0.15, -0.1) is 0 Å². The monoisotopic (exact) mass is 335 g/mol. The Morgan fingerprint density at radius 3 is 2.64 bits per heavy atom. The van der Waals surface area contributed by atoms with Crippen molar-refractivity contribution in [2.45, 2.75) is 33.1 Å². The van der Waals surface area contributed by atoms with Crippen molar-refractivity contribution in [3.63, 3.8) is 0 Å². The Kier molecular flexibility index (Phi) is 4.70. The maximum absolute atomic E-state index is 12.1. The van der Waals surface area contributed by atoms with Gasteiger partial charge in [0, 0.05) is 11.6 Å². The molecular formula is C21H21NO3. The first kappa shape index (κ1) is 17.0. The van der Waals surface area contributed by atoms with E-state index in [2.05, 4.69) is 18.8 Å². The van der Waals surface area contributed by atoms with Crippen molar-refractivity contribution in [2.24, 2.45) is 0 Å². The number of aryl methyl sites for hydroxylation is 1. The normalized spacial score (nSPS) is 13.2. The van der Waals surface area contributed by atoms with Crippen LogP contribution in [-0.2, 0) is 0 Å². The molecule has 4 heteroatoms. The van der Waals surface area contributed by atoms with Gasteiger partial charge in [0.15, 0.2) is 11.3 Å². The number of aliphatic hydroxyl groups excluding tert-OH is 1. The second-order valence-electron chi connectivity index (χ2n) is 6.32. The van der Waals surface area contributed by atoms with Crippen LogP contribution in [0.1, 0.15) is 48.6 Å². The van der Waals surface area contributed by atoms with E-state index in [0.717, 1.165) is 17.5 Å². The van der Waals surface area contributed by atoms with E-state index >= 15 is 0 Å². The summed E-state index contributed by atoms with van der Waals surface area (Å²) >= 11 is 0. The van der Waals surface area contributed by atoms with Crippen LogP contribution in [0.4, 0.5) is 0 Å². The predicted molar refractivity (Wildman–Crippen MR) is 101 cm³/mol. The van der Waals surface area contributed by atoms with Gasteiger partial charge in [-0.2, -0.15) is 0 Å². The second kappa shape index (κ2) is 6.93. The molecule has 0 aliphatic rings. The van der Waals surface area contributed by atoms with Crippen LogP contribution in [0.3, 0.4) is 0 Å². The predicted octanol–water partition coefficient (Wildman–Crippen LogP) is 5.07. The molecule has 25 heavy (non-hydrogen) atoms. The van der Waals surface area contributed by atoms with Crippen LogP contribution in [0.5, 0.6) is 0 Å². The maximum Gasteiger partial charge on any atom is 0.362 e. The Hall–Kier alpha value is -2.88. The van der Waals surface area contributed by atoms with E-state index in [-0.39, 0.29) is 11.5 Å². The molecule has 1 aromatic heterocycles. The number of nitrogens with zero attached hydrogens (tertiary/aromatic N) is 1. The lowest BCUT2D eigenvalue weighted by Crippen LogP contribution is -2.07. The number of hydrogen-bond acceptors (Lipinski definition) is 4. The number of fused-ring (bicyclic) bond motifs is 1. The molecule has 4 nitrogen and oxygen atoms in total. The summed E-state index contributed by atoms with van der Waals surface area (Å²) in [5.41, 5.74) is 3.45. The van der Waals surface area contributed by atoms with Crippen molar-refractivity contribution >= 4 is 22.9 Å². The Morgan fingerprint density at radius 1 is 1.24 bits per heavy atom. The zero-order valence-electron chi connectivity index (χ0n) is 14.6. The van der Waals surface area contributed by atoms with Gasteiger partial charge in [0.25, 0.3) is 0 Å². The van der Waals surface area contributed by atoms with Gasteiger partial charge in [0.05, 0.1) is 0 Å². The highest BCUT2D eigenvalue weighted by atomic mass is 16.4. The van der Waals surface area contributed by atoms with E-state index in [1.54, 1.807) is 18.2 Å². The lowest BCUT2D eigenvalue weighted by Gasteiger charge is -2.09. The Balaban J connectivity index is 2.05. The zero-order chi connectivity index (χ0) is 18.0. The van der Waals surface area contributed by atoms with E-state index in [9.17, 15) is 9.90 Å². The van der Waals surface area contributed by atoms with Gasteiger partial charge in [-0.05, 0) is 37.0 Å². The van der Waals surface area contributed by atoms with E-state index in [1.165, 1.54) is 6.08 Å². The number of benzene rings is 2. The first-order valence-corrected chi connectivity index (χ1v) is 8.40. The molecule has 1 unspecified atom stereocenters. The third-order valence-corrected chi connectivity index (χ3v) is 4.44. The number of hydrogen-bond donors (Lipinski definition) is 1. The standard InChI is InChI=1S/C21H21NO3/c1-4-14(3)16-9-10-20-17(11-16)22-18(21(24)25-20)12-19(23)15-7-5-13(2)6-8-15/h5-12,14,23H,4H2,1-3H3/b19-12-. The fraction of sp³-hybridized carbons (Fsp3) is 0.238.